The molecule has 2 atom stereocenters. The van der Waals surface area contributed by atoms with Crippen LogP contribution in [0, 0.1) is 0 Å². The minimum Gasteiger partial charge on any atom is -0.392 e. The molecule has 24 heavy (non-hydrogen) atoms. The summed E-state index contributed by atoms with van der Waals surface area (Å²) in [6.45, 7) is 1.29. The number of pyridine rings is 1. The van der Waals surface area contributed by atoms with Crippen LogP contribution in [0.25, 0.3) is 0 Å². The average molecular weight is 330 g/mol. The molecule has 5 nitrogen and oxygen atoms in total. The fourth-order valence-corrected chi connectivity index (χ4v) is 2.62. The topological polar surface area (TPSA) is 76.8 Å². The van der Waals surface area contributed by atoms with Gasteiger partial charge in [0.1, 0.15) is 0 Å². The van der Waals surface area contributed by atoms with E-state index >= 15 is 0 Å². The molecular formula is C19H26N2O3. The van der Waals surface area contributed by atoms with E-state index in [4.69, 9.17) is 5.11 Å². The molecule has 0 aliphatic rings. The molecule has 2 unspecified atom stereocenters. The molecule has 0 saturated heterocycles. The predicted octanol–water partition coefficient (Wildman–Crippen LogP) is 1.53. The van der Waals surface area contributed by atoms with Crippen molar-refractivity contribution in [3.05, 3.63) is 65.5 Å². The van der Waals surface area contributed by atoms with Crippen molar-refractivity contribution in [3.8, 4) is 0 Å². The molecule has 0 fully saturated rings. The van der Waals surface area contributed by atoms with Gasteiger partial charge in [0.2, 0.25) is 0 Å². The number of aromatic nitrogens is 1. The lowest BCUT2D eigenvalue weighted by Gasteiger charge is -2.22. The van der Waals surface area contributed by atoms with E-state index in [0.29, 0.717) is 6.54 Å². The van der Waals surface area contributed by atoms with Crippen LogP contribution in [0.3, 0.4) is 0 Å². The van der Waals surface area contributed by atoms with E-state index in [9.17, 15) is 10.2 Å². The summed E-state index contributed by atoms with van der Waals surface area (Å²) < 4.78 is 0. The average Bonchev–Trinajstić information content (AvgIpc) is 2.60. The van der Waals surface area contributed by atoms with Crippen molar-refractivity contribution in [2.24, 2.45) is 0 Å². The first-order chi connectivity index (χ1) is 11.6. The Hall–Kier alpha value is -1.79. The van der Waals surface area contributed by atoms with Gasteiger partial charge in [0.05, 0.1) is 18.8 Å². The summed E-state index contributed by atoms with van der Waals surface area (Å²) >= 11 is 0. The molecule has 1 aromatic carbocycles. The molecule has 0 amide bonds. The van der Waals surface area contributed by atoms with Crippen molar-refractivity contribution in [2.45, 2.75) is 31.7 Å². The van der Waals surface area contributed by atoms with Crippen LogP contribution in [0.2, 0.25) is 0 Å². The van der Waals surface area contributed by atoms with Crippen molar-refractivity contribution in [2.75, 3.05) is 20.1 Å². The molecule has 0 bridgehead atoms. The Labute approximate surface area is 143 Å². The van der Waals surface area contributed by atoms with E-state index in [1.54, 1.807) is 30.5 Å². The third-order valence-corrected chi connectivity index (χ3v) is 4.04. The van der Waals surface area contributed by atoms with Crippen LogP contribution in [-0.4, -0.2) is 51.4 Å². The summed E-state index contributed by atoms with van der Waals surface area (Å²) in [6.07, 6.45) is 1.58. The molecule has 2 aromatic rings. The van der Waals surface area contributed by atoms with Gasteiger partial charge in [-0.15, -0.1) is 0 Å². The Morgan fingerprint density at radius 1 is 1.08 bits per heavy atom. The van der Waals surface area contributed by atoms with Gasteiger partial charge < -0.3 is 20.2 Å². The zero-order valence-corrected chi connectivity index (χ0v) is 14.0. The van der Waals surface area contributed by atoms with E-state index < -0.39 is 12.2 Å². The second kappa shape index (κ2) is 9.49. The highest BCUT2D eigenvalue weighted by Gasteiger charge is 2.15. The van der Waals surface area contributed by atoms with E-state index in [0.717, 1.165) is 29.8 Å². The van der Waals surface area contributed by atoms with Crippen LogP contribution in [-0.2, 0) is 13.0 Å². The van der Waals surface area contributed by atoms with E-state index in [2.05, 4.69) is 4.98 Å². The Morgan fingerprint density at radius 2 is 1.83 bits per heavy atom. The van der Waals surface area contributed by atoms with Crippen LogP contribution >= 0.6 is 0 Å². The quantitative estimate of drug-likeness (QED) is 0.650. The van der Waals surface area contributed by atoms with Gasteiger partial charge in [-0.2, -0.15) is 0 Å². The molecule has 0 aliphatic carbocycles. The SMILES string of the molecule is CN(CCc1ccccn1)CC(O)CC(O)c1ccc(CO)cc1. The van der Waals surface area contributed by atoms with Crippen molar-refractivity contribution >= 4 is 0 Å². The summed E-state index contributed by atoms with van der Waals surface area (Å²) in [5.41, 5.74) is 2.59. The zero-order valence-electron chi connectivity index (χ0n) is 14.0. The molecule has 3 N–H and O–H groups in total. The number of likely N-dealkylation sites (N-methyl/N-ethyl adjacent to an activating group) is 1. The van der Waals surface area contributed by atoms with Gasteiger partial charge in [-0.3, -0.25) is 4.98 Å². The molecule has 1 heterocycles. The van der Waals surface area contributed by atoms with E-state index in [1.165, 1.54) is 0 Å². The van der Waals surface area contributed by atoms with Gasteiger partial charge in [0.15, 0.2) is 0 Å². The molecule has 0 saturated carbocycles. The number of hydrogen-bond donors (Lipinski definition) is 3. The van der Waals surface area contributed by atoms with Crippen LogP contribution in [0.15, 0.2) is 48.7 Å². The maximum atomic E-state index is 10.2. The van der Waals surface area contributed by atoms with Crippen molar-refractivity contribution in [3.63, 3.8) is 0 Å². The highest BCUT2D eigenvalue weighted by Crippen LogP contribution is 2.19. The minimum atomic E-state index is -0.711. The second-order valence-electron chi connectivity index (χ2n) is 6.14. The first-order valence-corrected chi connectivity index (χ1v) is 8.22. The van der Waals surface area contributed by atoms with Gasteiger partial charge >= 0.3 is 0 Å². The molecule has 130 valence electrons. The molecule has 5 heteroatoms. The number of rotatable bonds is 9. The van der Waals surface area contributed by atoms with Crippen molar-refractivity contribution in [1.82, 2.24) is 9.88 Å². The summed E-state index contributed by atoms with van der Waals surface area (Å²) in [7, 11) is 1.95. The lowest BCUT2D eigenvalue weighted by Crippen LogP contribution is -2.31. The summed E-state index contributed by atoms with van der Waals surface area (Å²) in [6, 6.07) is 13.0. The number of hydrogen-bond acceptors (Lipinski definition) is 5. The van der Waals surface area contributed by atoms with Crippen molar-refractivity contribution in [1.29, 1.82) is 0 Å². The maximum Gasteiger partial charge on any atom is 0.0815 e. The van der Waals surface area contributed by atoms with E-state index in [-0.39, 0.29) is 13.0 Å². The smallest absolute Gasteiger partial charge is 0.0815 e. The fourth-order valence-electron chi connectivity index (χ4n) is 2.62. The molecule has 0 radical (unpaired) electrons. The number of benzene rings is 1. The fraction of sp³-hybridized carbons (Fsp3) is 0.421. The second-order valence-corrected chi connectivity index (χ2v) is 6.14. The van der Waals surface area contributed by atoms with Crippen LogP contribution < -0.4 is 0 Å². The number of nitrogens with zero attached hydrogens (tertiary/aromatic N) is 2. The van der Waals surface area contributed by atoms with Crippen LogP contribution in [0.4, 0.5) is 0 Å². The minimum absolute atomic E-state index is 0.0138. The Kier molecular flexibility index (Phi) is 7.34. The third-order valence-electron chi connectivity index (χ3n) is 4.04. The number of aliphatic hydroxyl groups excluding tert-OH is 3. The molecule has 2 rings (SSSR count). The number of aliphatic hydroxyl groups is 3. The summed E-state index contributed by atoms with van der Waals surface area (Å²) in [5, 5.41) is 29.4. The molecule has 0 spiro atoms. The lowest BCUT2D eigenvalue weighted by atomic mass is 10.0. The van der Waals surface area contributed by atoms with E-state index in [1.807, 2.05) is 30.1 Å². The first-order valence-electron chi connectivity index (χ1n) is 8.22. The van der Waals surface area contributed by atoms with Gasteiger partial charge in [0.25, 0.3) is 0 Å². The van der Waals surface area contributed by atoms with Crippen molar-refractivity contribution < 1.29 is 15.3 Å². The van der Waals surface area contributed by atoms with Gasteiger partial charge in [-0.05, 0) is 30.3 Å². The molecule has 1 aromatic heterocycles. The van der Waals surface area contributed by atoms with Gasteiger partial charge in [0, 0.05) is 37.8 Å². The Bertz CT molecular complexity index is 589. The standard InChI is InChI=1S/C19H26N2O3/c1-21(11-9-17-4-2-3-10-20-17)13-18(23)12-19(24)16-7-5-15(14-22)6-8-16/h2-8,10,18-19,22-24H,9,11-14H2,1H3. The van der Waals surface area contributed by atoms with Crippen LogP contribution in [0.1, 0.15) is 29.3 Å². The van der Waals surface area contributed by atoms with Crippen LogP contribution in [0.5, 0.6) is 0 Å². The summed E-state index contributed by atoms with van der Waals surface area (Å²) in [5.74, 6) is 0. The predicted molar refractivity (Wildman–Crippen MR) is 93.4 cm³/mol. The maximum absolute atomic E-state index is 10.2. The first kappa shape index (κ1) is 18.5. The monoisotopic (exact) mass is 330 g/mol. The Morgan fingerprint density at radius 3 is 2.46 bits per heavy atom. The van der Waals surface area contributed by atoms with Gasteiger partial charge in [-0.1, -0.05) is 30.3 Å². The Balaban J connectivity index is 1.75. The normalized spacial score (nSPS) is 13.9. The zero-order chi connectivity index (χ0) is 17.4. The highest BCUT2D eigenvalue weighted by molar-refractivity contribution is 5.23. The lowest BCUT2D eigenvalue weighted by molar-refractivity contribution is 0.0596. The highest BCUT2D eigenvalue weighted by atomic mass is 16.3. The largest absolute Gasteiger partial charge is 0.392 e. The summed E-state index contributed by atoms with van der Waals surface area (Å²) in [4.78, 5) is 6.33. The van der Waals surface area contributed by atoms with Gasteiger partial charge in [-0.25, -0.2) is 0 Å². The third kappa shape index (κ3) is 6.02. The molecule has 0 aliphatic heterocycles. The molecular weight excluding hydrogens is 304 g/mol.